The lowest BCUT2D eigenvalue weighted by molar-refractivity contribution is -0.142. The highest BCUT2D eigenvalue weighted by Gasteiger charge is 2.20. The van der Waals surface area contributed by atoms with Gasteiger partial charge in [-0.3, -0.25) is 4.79 Å². The average Bonchev–Trinajstić information content (AvgIpc) is 2.65. The van der Waals surface area contributed by atoms with Gasteiger partial charge in [-0.05, 0) is 49.6 Å². The number of carbonyl (C=O) groups excluding carboxylic acids is 1. The lowest BCUT2D eigenvalue weighted by Gasteiger charge is -2.17. The molecule has 1 amide bonds. The number of hydrogen-bond donors (Lipinski definition) is 4. The predicted octanol–water partition coefficient (Wildman–Crippen LogP) is 3.98. The third-order valence-electron chi connectivity index (χ3n) is 4.17. The summed E-state index contributed by atoms with van der Waals surface area (Å²) < 4.78 is 0. The number of aliphatic carboxylic acids is 1. The molecule has 2 aromatic rings. The maximum absolute atomic E-state index is 12.4. The van der Waals surface area contributed by atoms with Crippen LogP contribution in [0.25, 0.3) is 0 Å². The molecule has 0 saturated heterocycles. The number of hydrogen-bond acceptors (Lipinski definition) is 4. The van der Waals surface area contributed by atoms with Crippen molar-refractivity contribution in [2.45, 2.75) is 31.7 Å². The van der Waals surface area contributed by atoms with Crippen molar-refractivity contribution in [1.82, 2.24) is 5.32 Å². The number of amides is 1. The largest absolute Gasteiger partial charge is 0.480 e. The number of benzene rings is 2. The van der Waals surface area contributed by atoms with Crippen molar-refractivity contribution in [2.24, 2.45) is 5.73 Å². The Kier molecular flexibility index (Phi) is 8.57. The van der Waals surface area contributed by atoms with Gasteiger partial charge in [0, 0.05) is 5.69 Å². The molecular weight excluding hydrogens is 401 g/mol. The number of carboxylic acids is 1. The second-order valence-electron chi connectivity index (χ2n) is 6.30. The Bertz CT molecular complexity index is 810. The molecule has 8 heteroatoms. The van der Waals surface area contributed by atoms with E-state index in [9.17, 15) is 14.7 Å². The highest BCUT2D eigenvalue weighted by molar-refractivity contribution is 6.39. The van der Waals surface area contributed by atoms with Crippen molar-refractivity contribution in [1.29, 1.82) is 0 Å². The van der Waals surface area contributed by atoms with E-state index in [1.165, 1.54) is 0 Å². The van der Waals surface area contributed by atoms with Gasteiger partial charge in [0.1, 0.15) is 6.04 Å². The van der Waals surface area contributed by atoms with Crippen molar-refractivity contribution in [3.8, 4) is 0 Å². The van der Waals surface area contributed by atoms with E-state index in [1.807, 2.05) is 6.07 Å². The van der Waals surface area contributed by atoms with Crippen LogP contribution < -0.4 is 16.4 Å². The monoisotopic (exact) mass is 423 g/mol. The first-order valence-corrected chi connectivity index (χ1v) is 9.69. The summed E-state index contributed by atoms with van der Waals surface area (Å²) in [5, 5.41) is 16.0. The Morgan fingerprint density at radius 1 is 1.04 bits per heavy atom. The fraction of sp³-hybridized carbons (Fsp3) is 0.300. The van der Waals surface area contributed by atoms with E-state index in [1.54, 1.807) is 36.4 Å². The Hall–Kier alpha value is -2.28. The standard InChI is InChI=1S/C20H23Cl2N3O3/c21-14-7-5-8-15(22)19(14)25-16-9-2-1-6-13(16)12-18(26)24-17(20(27)28)10-3-4-11-23/h1-2,5-9,17,25H,3-4,10-12,23H2,(H,24,26)(H,27,28)/t17-/m0/s1. The van der Waals surface area contributed by atoms with Crippen LogP contribution >= 0.6 is 23.2 Å². The van der Waals surface area contributed by atoms with Crippen LogP contribution in [0.3, 0.4) is 0 Å². The minimum absolute atomic E-state index is 0.0198. The van der Waals surface area contributed by atoms with Gasteiger partial charge in [0.05, 0.1) is 22.2 Å². The SMILES string of the molecule is NCCCC[C@H](NC(=O)Cc1ccccc1Nc1c(Cl)cccc1Cl)C(=O)O. The van der Waals surface area contributed by atoms with Crippen LogP contribution in [0.15, 0.2) is 42.5 Å². The molecule has 5 N–H and O–H groups in total. The number of nitrogens with two attached hydrogens (primary N) is 1. The van der Waals surface area contributed by atoms with Crippen molar-refractivity contribution >= 4 is 46.5 Å². The summed E-state index contributed by atoms with van der Waals surface area (Å²) in [6.07, 6.45) is 1.71. The first-order valence-electron chi connectivity index (χ1n) is 8.93. The normalized spacial score (nSPS) is 11.7. The molecule has 150 valence electrons. The summed E-state index contributed by atoms with van der Waals surface area (Å²) in [5.74, 6) is -1.43. The Morgan fingerprint density at radius 2 is 1.71 bits per heavy atom. The van der Waals surface area contributed by atoms with Gasteiger partial charge in [-0.15, -0.1) is 0 Å². The van der Waals surface area contributed by atoms with Crippen LogP contribution in [0, 0.1) is 0 Å². The molecule has 2 rings (SSSR count). The zero-order valence-electron chi connectivity index (χ0n) is 15.3. The number of para-hydroxylation sites is 2. The molecule has 0 heterocycles. The molecule has 0 unspecified atom stereocenters. The number of carbonyl (C=O) groups is 2. The van der Waals surface area contributed by atoms with Crippen molar-refractivity contribution < 1.29 is 14.7 Å². The number of nitrogens with one attached hydrogen (secondary N) is 2. The van der Waals surface area contributed by atoms with Gasteiger partial charge in [-0.1, -0.05) is 47.5 Å². The Labute approximate surface area is 174 Å². The van der Waals surface area contributed by atoms with Gasteiger partial charge < -0.3 is 21.5 Å². The van der Waals surface area contributed by atoms with Crippen LogP contribution in [-0.4, -0.2) is 29.6 Å². The van der Waals surface area contributed by atoms with E-state index in [0.717, 1.165) is 0 Å². The summed E-state index contributed by atoms with van der Waals surface area (Å²) in [6, 6.07) is 11.4. The molecule has 0 fully saturated rings. The molecule has 0 aliphatic rings. The Balaban J connectivity index is 2.09. The number of anilines is 2. The maximum Gasteiger partial charge on any atom is 0.326 e. The quantitative estimate of drug-likeness (QED) is 0.432. The first kappa shape index (κ1) is 22.0. The van der Waals surface area contributed by atoms with Gasteiger partial charge in [0.25, 0.3) is 0 Å². The molecule has 0 radical (unpaired) electrons. The fourth-order valence-corrected chi connectivity index (χ4v) is 3.21. The summed E-state index contributed by atoms with van der Waals surface area (Å²) >= 11 is 12.4. The molecule has 0 bridgehead atoms. The third-order valence-corrected chi connectivity index (χ3v) is 4.80. The summed E-state index contributed by atoms with van der Waals surface area (Å²) in [5.41, 5.74) is 7.35. The van der Waals surface area contributed by atoms with Crippen LogP contribution in [0.4, 0.5) is 11.4 Å². The van der Waals surface area contributed by atoms with Crippen molar-refractivity contribution in [3.63, 3.8) is 0 Å². The Morgan fingerprint density at radius 3 is 2.36 bits per heavy atom. The second kappa shape index (κ2) is 10.9. The van der Waals surface area contributed by atoms with Gasteiger partial charge in [0.2, 0.25) is 5.91 Å². The topological polar surface area (TPSA) is 104 Å². The second-order valence-corrected chi connectivity index (χ2v) is 7.11. The zero-order valence-corrected chi connectivity index (χ0v) is 16.8. The van der Waals surface area contributed by atoms with Crippen molar-refractivity contribution in [2.75, 3.05) is 11.9 Å². The fourth-order valence-electron chi connectivity index (χ4n) is 2.72. The van der Waals surface area contributed by atoms with Crippen molar-refractivity contribution in [3.05, 3.63) is 58.1 Å². The summed E-state index contributed by atoms with van der Waals surface area (Å²) in [4.78, 5) is 23.8. The molecule has 0 aliphatic heterocycles. The first-order chi connectivity index (χ1) is 13.4. The lowest BCUT2D eigenvalue weighted by Crippen LogP contribution is -2.41. The number of unbranched alkanes of at least 4 members (excludes halogenated alkanes) is 1. The molecule has 0 aliphatic carbocycles. The van der Waals surface area contributed by atoms with E-state index in [-0.39, 0.29) is 12.3 Å². The van der Waals surface area contributed by atoms with Gasteiger partial charge in [-0.25, -0.2) is 4.79 Å². The number of carboxylic acid groups (broad SMARTS) is 1. The number of rotatable bonds is 10. The smallest absolute Gasteiger partial charge is 0.326 e. The van der Waals surface area contributed by atoms with Gasteiger partial charge >= 0.3 is 5.97 Å². The molecule has 0 spiro atoms. The highest BCUT2D eigenvalue weighted by Crippen LogP contribution is 2.33. The zero-order chi connectivity index (χ0) is 20.5. The molecule has 2 aromatic carbocycles. The lowest BCUT2D eigenvalue weighted by atomic mass is 10.1. The average molecular weight is 424 g/mol. The van der Waals surface area contributed by atoms with Crippen LogP contribution in [-0.2, 0) is 16.0 Å². The third kappa shape index (κ3) is 6.41. The summed E-state index contributed by atoms with van der Waals surface area (Å²) in [7, 11) is 0. The molecular formula is C20H23Cl2N3O3. The molecule has 28 heavy (non-hydrogen) atoms. The maximum atomic E-state index is 12.4. The van der Waals surface area contributed by atoms with Crippen LogP contribution in [0.2, 0.25) is 10.0 Å². The summed E-state index contributed by atoms with van der Waals surface area (Å²) in [6.45, 7) is 0.490. The van der Waals surface area contributed by atoms with E-state index in [4.69, 9.17) is 28.9 Å². The van der Waals surface area contributed by atoms with Crippen LogP contribution in [0.1, 0.15) is 24.8 Å². The van der Waals surface area contributed by atoms with E-state index in [0.29, 0.717) is 52.8 Å². The predicted molar refractivity (Wildman–Crippen MR) is 112 cm³/mol. The highest BCUT2D eigenvalue weighted by atomic mass is 35.5. The van der Waals surface area contributed by atoms with Gasteiger partial charge in [-0.2, -0.15) is 0 Å². The van der Waals surface area contributed by atoms with Gasteiger partial charge in [0.15, 0.2) is 0 Å². The molecule has 6 nitrogen and oxygen atoms in total. The molecule has 1 atom stereocenters. The van der Waals surface area contributed by atoms with E-state index < -0.39 is 12.0 Å². The number of halogens is 2. The minimum atomic E-state index is -1.06. The van der Waals surface area contributed by atoms with Crippen LogP contribution in [0.5, 0.6) is 0 Å². The van der Waals surface area contributed by atoms with E-state index >= 15 is 0 Å². The van der Waals surface area contributed by atoms with E-state index in [2.05, 4.69) is 10.6 Å². The molecule has 0 saturated carbocycles. The molecule has 0 aromatic heterocycles. The minimum Gasteiger partial charge on any atom is -0.480 e.